The topological polar surface area (TPSA) is 73.6 Å². The number of carbonyl (C=O) groups excluding carboxylic acids is 1. The lowest BCUT2D eigenvalue weighted by Crippen LogP contribution is -2.22. The minimum atomic E-state index is -0.149. The number of aromatic nitrogens is 1. The van der Waals surface area contributed by atoms with Crippen LogP contribution in [0, 0.1) is 6.92 Å². The highest BCUT2D eigenvalue weighted by molar-refractivity contribution is 5.94. The van der Waals surface area contributed by atoms with Gasteiger partial charge in [-0.1, -0.05) is 22.9 Å². The van der Waals surface area contributed by atoms with Gasteiger partial charge in [0.2, 0.25) is 0 Å². The summed E-state index contributed by atoms with van der Waals surface area (Å²) in [4.78, 5) is 12.2. The van der Waals surface area contributed by atoms with Crippen molar-refractivity contribution in [3.8, 4) is 22.8 Å². The number of hydrogen-bond acceptors (Lipinski definition) is 5. The smallest absolute Gasteiger partial charge is 0.251 e. The van der Waals surface area contributed by atoms with Gasteiger partial charge in [-0.15, -0.1) is 0 Å². The standard InChI is InChI=1S/C20H20N2O4/c1-13-5-4-6-15(9-13)20(23)21-12-16-11-18(26-22-16)14-7-8-17(24-2)19(10-14)25-3/h4-11H,12H2,1-3H3,(H,21,23). The molecule has 0 saturated heterocycles. The van der Waals surface area contributed by atoms with E-state index in [9.17, 15) is 4.79 Å². The molecule has 134 valence electrons. The summed E-state index contributed by atoms with van der Waals surface area (Å²) in [5.74, 6) is 1.69. The van der Waals surface area contributed by atoms with Gasteiger partial charge in [0.1, 0.15) is 5.69 Å². The van der Waals surface area contributed by atoms with Crippen LogP contribution in [0.1, 0.15) is 21.6 Å². The highest BCUT2D eigenvalue weighted by atomic mass is 16.5. The van der Waals surface area contributed by atoms with Crippen molar-refractivity contribution in [2.75, 3.05) is 14.2 Å². The van der Waals surface area contributed by atoms with Crippen LogP contribution in [0.25, 0.3) is 11.3 Å². The van der Waals surface area contributed by atoms with E-state index in [-0.39, 0.29) is 12.5 Å². The number of hydrogen-bond donors (Lipinski definition) is 1. The van der Waals surface area contributed by atoms with Crippen molar-refractivity contribution < 1.29 is 18.8 Å². The van der Waals surface area contributed by atoms with Crippen molar-refractivity contribution in [2.45, 2.75) is 13.5 Å². The average Bonchev–Trinajstić information content (AvgIpc) is 3.14. The highest BCUT2D eigenvalue weighted by Gasteiger charge is 2.12. The third-order valence-corrected chi connectivity index (χ3v) is 3.94. The molecule has 6 heteroatoms. The van der Waals surface area contributed by atoms with Crippen LogP contribution in [-0.4, -0.2) is 25.3 Å². The zero-order valence-electron chi connectivity index (χ0n) is 14.9. The van der Waals surface area contributed by atoms with Gasteiger partial charge in [0.05, 0.1) is 20.8 Å². The van der Waals surface area contributed by atoms with Gasteiger partial charge in [-0.2, -0.15) is 0 Å². The molecule has 1 aromatic heterocycles. The van der Waals surface area contributed by atoms with Gasteiger partial charge in [0.25, 0.3) is 5.91 Å². The molecule has 0 radical (unpaired) electrons. The Labute approximate surface area is 151 Å². The predicted octanol–water partition coefficient (Wildman–Crippen LogP) is 3.60. The maximum atomic E-state index is 12.2. The second-order valence-corrected chi connectivity index (χ2v) is 5.80. The summed E-state index contributed by atoms with van der Waals surface area (Å²) in [6.07, 6.45) is 0. The number of rotatable bonds is 6. The van der Waals surface area contributed by atoms with E-state index < -0.39 is 0 Å². The lowest BCUT2D eigenvalue weighted by atomic mass is 10.1. The quantitative estimate of drug-likeness (QED) is 0.734. The van der Waals surface area contributed by atoms with E-state index in [0.29, 0.717) is 28.5 Å². The first kappa shape index (κ1) is 17.5. The van der Waals surface area contributed by atoms with Gasteiger partial charge in [-0.05, 0) is 37.3 Å². The first-order chi connectivity index (χ1) is 12.6. The zero-order chi connectivity index (χ0) is 18.5. The number of nitrogens with one attached hydrogen (secondary N) is 1. The van der Waals surface area contributed by atoms with Gasteiger partial charge >= 0.3 is 0 Å². The lowest BCUT2D eigenvalue weighted by Gasteiger charge is -2.07. The lowest BCUT2D eigenvalue weighted by molar-refractivity contribution is 0.0950. The van der Waals surface area contributed by atoms with Gasteiger partial charge in [0, 0.05) is 17.2 Å². The normalized spacial score (nSPS) is 10.4. The van der Waals surface area contributed by atoms with E-state index in [1.54, 1.807) is 32.4 Å². The summed E-state index contributed by atoms with van der Waals surface area (Å²) < 4.78 is 15.9. The van der Waals surface area contributed by atoms with Crippen LogP contribution in [0.4, 0.5) is 0 Å². The van der Waals surface area contributed by atoms with Crippen LogP contribution < -0.4 is 14.8 Å². The Kier molecular flexibility index (Phi) is 5.22. The Balaban J connectivity index is 1.69. The van der Waals surface area contributed by atoms with Crippen LogP contribution in [-0.2, 0) is 6.54 Å². The number of aryl methyl sites for hydroxylation is 1. The van der Waals surface area contributed by atoms with E-state index in [0.717, 1.165) is 11.1 Å². The van der Waals surface area contributed by atoms with Crippen LogP contribution >= 0.6 is 0 Å². The van der Waals surface area contributed by atoms with E-state index >= 15 is 0 Å². The molecule has 0 unspecified atom stereocenters. The minimum absolute atomic E-state index is 0.149. The van der Waals surface area contributed by atoms with Crippen molar-refractivity contribution in [1.82, 2.24) is 10.5 Å². The highest BCUT2D eigenvalue weighted by Crippen LogP contribution is 2.32. The van der Waals surface area contributed by atoms with E-state index in [4.69, 9.17) is 14.0 Å². The van der Waals surface area contributed by atoms with Crippen LogP contribution in [0.2, 0.25) is 0 Å². The van der Waals surface area contributed by atoms with Gasteiger partial charge in [-0.3, -0.25) is 4.79 Å². The van der Waals surface area contributed by atoms with E-state index in [1.807, 2.05) is 37.3 Å². The number of amides is 1. The molecule has 0 saturated carbocycles. The molecule has 0 aliphatic rings. The molecular weight excluding hydrogens is 332 g/mol. The summed E-state index contributed by atoms with van der Waals surface area (Å²) in [5.41, 5.74) is 3.10. The van der Waals surface area contributed by atoms with Gasteiger partial charge in [0.15, 0.2) is 17.3 Å². The molecule has 0 fully saturated rings. The van der Waals surface area contributed by atoms with Gasteiger partial charge < -0.3 is 19.3 Å². The van der Waals surface area contributed by atoms with Crippen LogP contribution in [0.3, 0.4) is 0 Å². The third kappa shape index (κ3) is 3.85. The van der Waals surface area contributed by atoms with E-state index in [2.05, 4.69) is 10.5 Å². The molecule has 0 bridgehead atoms. The number of carbonyl (C=O) groups is 1. The van der Waals surface area contributed by atoms with Gasteiger partial charge in [-0.25, -0.2) is 0 Å². The molecule has 3 rings (SSSR count). The van der Waals surface area contributed by atoms with Crippen molar-refractivity contribution in [3.05, 3.63) is 65.4 Å². The SMILES string of the molecule is COc1ccc(-c2cc(CNC(=O)c3cccc(C)c3)no2)cc1OC. The summed E-state index contributed by atoms with van der Waals surface area (Å²) >= 11 is 0. The van der Waals surface area contributed by atoms with Crippen molar-refractivity contribution in [2.24, 2.45) is 0 Å². The monoisotopic (exact) mass is 352 g/mol. The molecule has 6 nitrogen and oxygen atoms in total. The first-order valence-corrected chi connectivity index (χ1v) is 8.13. The fourth-order valence-corrected chi connectivity index (χ4v) is 2.58. The fraction of sp³-hybridized carbons (Fsp3) is 0.200. The molecule has 26 heavy (non-hydrogen) atoms. The molecule has 0 atom stereocenters. The molecule has 0 spiro atoms. The molecule has 1 heterocycles. The molecule has 1 amide bonds. The second kappa shape index (κ2) is 7.74. The zero-order valence-corrected chi connectivity index (χ0v) is 14.9. The second-order valence-electron chi connectivity index (χ2n) is 5.80. The molecule has 3 aromatic rings. The predicted molar refractivity (Wildman–Crippen MR) is 97.4 cm³/mol. The fourth-order valence-electron chi connectivity index (χ4n) is 2.58. The van der Waals surface area contributed by atoms with Crippen LogP contribution in [0.15, 0.2) is 53.1 Å². The molecule has 0 aliphatic carbocycles. The Morgan fingerprint density at radius 1 is 1.08 bits per heavy atom. The maximum absolute atomic E-state index is 12.2. The van der Waals surface area contributed by atoms with E-state index in [1.165, 1.54) is 0 Å². The van der Waals surface area contributed by atoms with Crippen molar-refractivity contribution >= 4 is 5.91 Å². The molecule has 0 aliphatic heterocycles. The van der Waals surface area contributed by atoms with Crippen molar-refractivity contribution in [1.29, 1.82) is 0 Å². The number of nitrogens with zero attached hydrogens (tertiary/aromatic N) is 1. The molecular formula is C20H20N2O4. The number of ether oxygens (including phenoxy) is 2. The number of benzene rings is 2. The van der Waals surface area contributed by atoms with Crippen molar-refractivity contribution in [3.63, 3.8) is 0 Å². The Bertz CT molecular complexity index is 918. The average molecular weight is 352 g/mol. The summed E-state index contributed by atoms with van der Waals surface area (Å²) in [6.45, 7) is 2.23. The minimum Gasteiger partial charge on any atom is -0.493 e. The number of methoxy groups -OCH3 is 2. The summed E-state index contributed by atoms with van der Waals surface area (Å²) in [5, 5.41) is 6.85. The summed E-state index contributed by atoms with van der Waals surface area (Å²) in [6, 6.07) is 14.7. The molecule has 1 N–H and O–H groups in total. The largest absolute Gasteiger partial charge is 0.493 e. The third-order valence-electron chi connectivity index (χ3n) is 3.94. The molecule has 2 aromatic carbocycles. The van der Waals surface area contributed by atoms with Crippen LogP contribution in [0.5, 0.6) is 11.5 Å². The Morgan fingerprint density at radius 2 is 1.88 bits per heavy atom. The Morgan fingerprint density at radius 3 is 2.62 bits per heavy atom. The first-order valence-electron chi connectivity index (χ1n) is 8.13. The summed E-state index contributed by atoms with van der Waals surface area (Å²) in [7, 11) is 3.16. The maximum Gasteiger partial charge on any atom is 0.251 e. The Hall–Kier alpha value is -3.28.